The molecule has 5 nitrogen and oxygen atoms in total. The minimum absolute atomic E-state index is 0.0733. The molecule has 0 N–H and O–H groups in total. The van der Waals surface area contributed by atoms with Crippen molar-refractivity contribution < 1.29 is 19.1 Å². The Hall–Kier alpha value is -3.08. The van der Waals surface area contributed by atoms with Crippen molar-refractivity contribution in [3.63, 3.8) is 0 Å². The van der Waals surface area contributed by atoms with Gasteiger partial charge in [-0.05, 0) is 49.6 Å². The molecule has 0 aliphatic carbocycles. The maximum absolute atomic E-state index is 12.5. The number of hydrogen-bond acceptors (Lipinski definition) is 4. The van der Waals surface area contributed by atoms with Crippen molar-refractivity contribution in [2.75, 3.05) is 18.6 Å². The van der Waals surface area contributed by atoms with E-state index in [1.807, 2.05) is 37.3 Å². The molecule has 1 amide bonds. The smallest absolute Gasteiger partial charge is 0.331 e. The fourth-order valence-corrected chi connectivity index (χ4v) is 3.59. The average Bonchev–Trinajstić information content (AvgIpc) is 2.96. The van der Waals surface area contributed by atoms with Crippen LogP contribution in [0.25, 0.3) is 5.57 Å². The van der Waals surface area contributed by atoms with Gasteiger partial charge in [-0.3, -0.25) is 4.79 Å². The van der Waals surface area contributed by atoms with E-state index in [1.165, 1.54) is 11.6 Å². The first-order chi connectivity index (χ1) is 13.4. The summed E-state index contributed by atoms with van der Waals surface area (Å²) in [5, 5.41) is 0. The number of esters is 1. The van der Waals surface area contributed by atoms with Crippen LogP contribution in [0, 0.1) is 6.92 Å². The molecule has 0 bridgehead atoms. The summed E-state index contributed by atoms with van der Waals surface area (Å²) in [4.78, 5) is 26.5. The van der Waals surface area contributed by atoms with Crippen LogP contribution >= 0.6 is 0 Å². The van der Waals surface area contributed by atoms with Crippen molar-refractivity contribution in [1.29, 1.82) is 0 Å². The van der Waals surface area contributed by atoms with Gasteiger partial charge in [0, 0.05) is 18.6 Å². The highest BCUT2D eigenvalue weighted by Crippen LogP contribution is 2.43. The van der Waals surface area contributed by atoms with E-state index in [1.54, 1.807) is 25.9 Å². The molecule has 0 spiro atoms. The number of ether oxygens (including phenoxy) is 2. The van der Waals surface area contributed by atoms with Crippen LogP contribution in [-0.4, -0.2) is 31.6 Å². The van der Waals surface area contributed by atoms with Gasteiger partial charge in [-0.1, -0.05) is 29.8 Å². The van der Waals surface area contributed by atoms with Crippen LogP contribution in [0.4, 0.5) is 5.69 Å². The molecule has 0 aromatic heterocycles. The van der Waals surface area contributed by atoms with Crippen molar-refractivity contribution >= 4 is 23.1 Å². The Morgan fingerprint density at radius 1 is 1.14 bits per heavy atom. The van der Waals surface area contributed by atoms with Gasteiger partial charge in [0.1, 0.15) is 5.75 Å². The van der Waals surface area contributed by atoms with E-state index >= 15 is 0 Å². The van der Waals surface area contributed by atoms with Crippen LogP contribution in [0.5, 0.6) is 5.75 Å². The molecule has 0 saturated carbocycles. The molecule has 2 aromatic carbocycles. The van der Waals surface area contributed by atoms with E-state index in [9.17, 15) is 9.59 Å². The number of rotatable bonds is 5. The topological polar surface area (TPSA) is 55.8 Å². The molecule has 1 unspecified atom stereocenters. The minimum Gasteiger partial charge on any atom is -0.497 e. The van der Waals surface area contributed by atoms with Crippen molar-refractivity contribution in [2.24, 2.45) is 0 Å². The molecule has 146 valence electrons. The van der Waals surface area contributed by atoms with Crippen molar-refractivity contribution in [2.45, 2.75) is 33.2 Å². The zero-order chi connectivity index (χ0) is 20.3. The van der Waals surface area contributed by atoms with Crippen LogP contribution < -0.4 is 9.64 Å². The summed E-state index contributed by atoms with van der Waals surface area (Å²) in [5.41, 5.74) is 4.63. The molecule has 28 heavy (non-hydrogen) atoms. The highest BCUT2D eigenvalue weighted by Gasteiger charge is 2.37. The lowest BCUT2D eigenvalue weighted by Gasteiger charge is -2.25. The summed E-state index contributed by atoms with van der Waals surface area (Å²) >= 11 is 0. The fraction of sp³-hybridized carbons (Fsp3) is 0.304. The summed E-state index contributed by atoms with van der Waals surface area (Å²) in [6, 6.07) is 13.5. The monoisotopic (exact) mass is 379 g/mol. The Balaban J connectivity index is 2.10. The van der Waals surface area contributed by atoms with Gasteiger partial charge in [0.25, 0.3) is 0 Å². The molecule has 0 fully saturated rings. The average molecular weight is 379 g/mol. The molecule has 0 saturated heterocycles. The maximum Gasteiger partial charge on any atom is 0.331 e. The van der Waals surface area contributed by atoms with Gasteiger partial charge in [0.05, 0.1) is 25.4 Å². The molecule has 5 heteroatoms. The SMILES string of the molecule is CCOC(=O)/C=C1\c2cc(OC)ccc2N(C(C)=O)C1Cc1ccc(C)cc1. The number of benzene rings is 2. The van der Waals surface area contributed by atoms with Crippen LogP contribution in [0.2, 0.25) is 0 Å². The van der Waals surface area contributed by atoms with Crippen molar-refractivity contribution in [3.05, 3.63) is 65.2 Å². The lowest BCUT2D eigenvalue weighted by atomic mass is 9.95. The fourth-order valence-electron chi connectivity index (χ4n) is 3.59. The maximum atomic E-state index is 12.5. The number of nitrogens with zero attached hydrogens (tertiary/aromatic N) is 1. The van der Waals surface area contributed by atoms with Gasteiger partial charge in [0.2, 0.25) is 5.91 Å². The number of amides is 1. The van der Waals surface area contributed by atoms with Crippen LogP contribution in [0.15, 0.2) is 48.5 Å². The summed E-state index contributed by atoms with van der Waals surface area (Å²) in [6.45, 7) is 5.65. The molecular weight excluding hydrogens is 354 g/mol. The predicted molar refractivity (Wildman–Crippen MR) is 109 cm³/mol. The molecule has 3 rings (SSSR count). The zero-order valence-electron chi connectivity index (χ0n) is 16.7. The van der Waals surface area contributed by atoms with Gasteiger partial charge in [-0.2, -0.15) is 0 Å². The van der Waals surface area contributed by atoms with Gasteiger partial charge < -0.3 is 14.4 Å². The molecule has 1 aliphatic heterocycles. The third kappa shape index (κ3) is 3.93. The molecule has 1 heterocycles. The van der Waals surface area contributed by atoms with Crippen molar-refractivity contribution in [1.82, 2.24) is 0 Å². The normalized spacial score (nSPS) is 16.8. The highest BCUT2D eigenvalue weighted by molar-refractivity contribution is 6.07. The van der Waals surface area contributed by atoms with E-state index in [4.69, 9.17) is 9.47 Å². The van der Waals surface area contributed by atoms with Crippen LogP contribution in [0.3, 0.4) is 0 Å². The number of hydrogen-bond donors (Lipinski definition) is 0. The second-order valence-electron chi connectivity index (χ2n) is 6.83. The Labute approximate surface area is 165 Å². The first-order valence-electron chi connectivity index (χ1n) is 9.36. The van der Waals surface area contributed by atoms with Gasteiger partial charge in [-0.25, -0.2) is 4.79 Å². The summed E-state index contributed by atoms with van der Waals surface area (Å²) in [5.74, 6) is 0.189. The third-order valence-corrected chi connectivity index (χ3v) is 4.89. The summed E-state index contributed by atoms with van der Waals surface area (Å²) in [6.07, 6.45) is 2.10. The van der Waals surface area contributed by atoms with E-state index in [0.717, 1.165) is 22.4 Å². The highest BCUT2D eigenvalue weighted by atomic mass is 16.5. The number of carbonyl (C=O) groups excluding carboxylic acids is 2. The summed E-state index contributed by atoms with van der Waals surface area (Å²) in [7, 11) is 1.60. The van der Waals surface area contributed by atoms with Crippen LogP contribution in [-0.2, 0) is 20.7 Å². The van der Waals surface area contributed by atoms with Crippen molar-refractivity contribution in [3.8, 4) is 5.75 Å². The quantitative estimate of drug-likeness (QED) is 0.583. The van der Waals surface area contributed by atoms with Gasteiger partial charge in [-0.15, -0.1) is 0 Å². The van der Waals surface area contributed by atoms with Gasteiger partial charge in [0.15, 0.2) is 0 Å². The standard InChI is InChI=1S/C23H25NO4/c1-5-28-23(26)14-20-19-13-18(27-4)10-11-21(19)24(16(3)25)22(20)12-17-8-6-15(2)7-9-17/h6-11,13-14,22H,5,12H2,1-4H3/b20-14+. The Morgan fingerprint density at radius 2 is 1.86 bits per heavy atom. The Kier molecular flexibility index (Phi) is 5.83. The van der Waals surface area contributed by atoms with Gasteiger partial charge >= 0.3 is 5.97 Å². The Bertz CT molecular complexity index is 915. The van der Waals surface area contributed by atoms with E-state index in [0.29, 0.717) is 18.8 Å². The number of fused-ring (bicyclic) bond motifs is 1. The van der Waals surface area contributed by atoms with E-state index in [2.05, 4.69) is 12.1 Å². The molecular formula is C23H25NO4. The lowest BCUT2D eigenvalue weighted by Crippen LogP contribution is -2.37. The Morgan fingerprint density at radius 3 is 2.46 bits per heavy atom. The lowest BCUT2D eigenvalue weighted by molar-refractivity contribution is -0.137. The van der Waals surface area contributed by atoms with Crippen LogP contribution in [0.1, 0.15) is 30.5 Å². The number of carbonyl (C=O) groups is 2. The summed E-state index contributed by atoms with van der Waals surface area (Å²) < 4.78 is 10.5. The minimum atomic E-state index is -0.412. The number of anilines is 1. The number of aryl methyl sites for hydroxylation is 1. The second-order valence-corrected chi connectivity index (χ2v) is 6.83. The molecule has 2 aromatic rings. The molecule has 0 radical (unpaired) electrons. The first-order valence-corrected chi connectivity index (χ1v) is 9.36. The third-order valence-electron chi connectivity index (χ3n) is 4.89. The predicted octanol–water partition coefficient (Wildman–Crippen LogP) is 3.93. The largest absolute Gasteiger partial charge is 0.497 e. The molecule has 1 aliphatic rings. The zero-order valence-corrected chi connectivity index (χ0v) is 16.7. The van der Waals surface area contributed by atoms with E-state index < -0.39 is 5.97 Å². The number of methoxy groups -OCH3 is 1. The van der Waals surface area contributed by atoms with E-state index in [-0.39, 0.29) is 11.9 Å². The molecule has 1 atom stereocenters. The second kappa shape index (κ2) is 8.30. The first kappa shape index (κ1) is 19.7.